The molecule has 2 aromatic rings. The summed E-state index contributed by atoms with van der Waals surface area (Å²) in [5, 5.41) is 12.7. The maximum atomic E-state index is 12.9. The van der Waals surface area contributed by atoms with Crippen molar-refractivity contribution < 1.29 is 14.6 Å². The zero-order valence-electron chi connectivity index (χ0n) is 13.8. The molecule has 5 heteroatoms. The summed E-state index contributed by atoms with van der Waals surface area (Å²) >= 11 is 0. The molecule has 1 heterocycles. The lowest BCUT2D eigenvalue weighted by Gasteiger charge is -2.27. The molecule has 1 amide bonds. The number of piperidine rings is 1. The predicted octanol–water partition coefficient (Wildman–Crippen LogP) is 3.77. The molecule has 1 saturated heterocycles. The van der Waals surface area contributed by atoms with Crippen LogP contribution in [0.5, 0.6) is 11.5 Å². The standard InChI is InChI=1S/C19H22N2O3/c1-24-16-9-10-18(20-14-5-7-15(22)8-6-14)17(13-16)19(23)21-11-3-2-4-12-21/h5-10,13,20,22H,2-4,11-12H2,1H3. The molecule has 0 aliphatic carbocycles. The number of hydrogen-bond acceptors (Lipinski definition) is 4. The highest BCUT2D eigenvalue weighted by molar-refractivity contribution is 6.00. The second-order valence-electron chi connectivity index (χ2n) is 5.94. The number of phenols is 1. The topological polar surface area (TPSA) is 61.8 Å². The van der Waals surface area contributed by atoms with Gasteiger partial charge in [-0.25, -0.2) is 0 Å². The van der Waals surface area contributed by atoms with E-state index in [-0.39, 0.29) is 11.7 Å². The number of likely N-dealkylation sites (tertiary alicyclic amines) is 1. The summed E-state index contributed by atoms with van der Waals surface area (Å²) < 4.78 is 5.28. The first-order valence-electron chi connectivity index (χ1n) is 8.21. The van der Waals surface area contributed by atoms with Gasteiger partial charge in [-0.05, 0) is 61.7 Å². The highest BCUT2D eigenvalue weighted by Gasteiger charge is 2.21. The van der Waals surface area contributed by atoms with Gasteiger partial charge in [-0.2, -0.15) is 0 Å². The maximum Gasteiger partial charge on any atom is 0.256 e. The van der Waals surface area contributed by atoms with Crippen LogP contribution in [0.15, 0.2) is 42.5 Å². The first kappa shape index (κ1) is 16.2. The molecule has 0 aromatic heterocycles. The molecule has 0 saturated carbocycles. The van der Waals surface area contributed by atoms with Gasteiger partial charge < -0.3 is 20.1 Å². The van der Waals surface area contributed by atoms with Crippen molar-refractivity contribution in [2.75, 3.05) is 25.5 Å². The highest BCUT2D eigenvalue weighted by Crippen LogP contribution is 2.28. The summed E-state index contributed by atoms with van der Waals surface area (Å²) in [7, 11) is 1.59. The van der Waals surface area contributed by atoms with E-state index in [0.29, 0.717) is 11.3 Å². The van der Waals surface area contributed by atoms with Gasteiger partial charge in [-0.15, -0.1) is 0 Å². The minimum Gasteiger partial charge on any atom is -0.508 e. The zero-order chi connectivity index (χ0) is 16.9. The molecule has 1 aliphatic heterocycles. The molecule has 0 bridgehead atoms. The number of amides is 1. The maximum absolute atomic E-state index is 12.9. The van der Waals surface area contributed by atoms with E-state index < -0.39 is 0 Å². The van der Waals surface area contributed by atoms with Crippen LogP contribution in [-0.4, -0.2) is 36.1 Å². The van der Waals surface area contributed by atoms with Gasteiger partial charge in [0.1, 0.15) is 11.5 Å². The number of ether oxygens (including phenoxy) is 1. The Morgan fingerprint density at radius 2 is 1.79 bits per heavy atom. The smallest absolute Gasteiger partial charge is 0.256 e. The number of nitrogens with zero attached hydrogens (tertiary/aromatic N) is 1. The molecular formula is C19H22N2O3. The van der Waals surface area contributed by atoms with Crippen LogP contribution in [0.3, 0.4) is 0 Å². The number of rotatable bonds is 4. The fourth-order valence-corrected chi connectivity index (χ4v) is 2.90. The summed E-state index contributed by atoms with van der Waals surface area (Å²) in [4.78, 5) is 14.8. The van der Waals surface area contributed by atoms with Crippen molar-refractivity contribution in [3.63, 3.8) is 0 Å². The Kier molecular flexibility index (Phi) is 4.89. The summed E-state index contributed by atoms with van der Waals surface area (Å²) in [6, 6.07) is 12.2. The second kappa shape index (κ2) is 7.25. The van der Waals surface area contributed by atoms with Crippen LogP contribution in [0.1, 0.15) is 29.6 Å². The molecule has 0 radical (unpaired) electrons. The Bertz CT molecular complexity index is 707. The summed E-state index contributed by atoms with van der Waals surface area (Å²) in [5.74, 6) is 0.890. The number of anilines is 2. The van der Waals surface area contributed by atoms with E-state index in [1.165, 1.54) is 6.42 Å². The van der Waals surface area contributed by atoms with E-state index in [4.69, 9.17) is 4.74 Å². The molecule has 0 atom stereocenters. The first-order chi connectivity index (χ1) is 11.7. The van der Waals surface area contributed by atoms with E-state index in [0.717, 1.165) is 37.3 Å². The van der Waals surface area contributed by atoms with Crippen molar-refractivity contribution in [3.8, 4) is 11.5 Å². The van der Waals surface area contributed by atoms with Crippen molar-refractivity contribution in [2.45, 2.75) is 19.3 Å². The van der Waals surface area contributed by atoms with Gasteiger partial charge in [0.05, 0.1) is 18.4 Å². The molecule has 1 fully saturated rings. The molecule has 0 unspecified atom stereocenters. The van der Waals surface area contributed by atoms with Gasteiger partial charge in [0.25, 0.3) is 5.91 Å². The molecule has 3 rings (SSSR count). The lowest BCUT2D eigenvalue weighted by atomic mass is 10.1. The number of carbonyl (C=O) groups excluding carboxylic acids is 1. The van der Waals surface area contributed by atoms with Crippen molar-refractivity contribution in [1.82, 2.24) is 4.90 Å². The number of methoxy groups -OCH3 is 1. The Morgan fingerprint density at radius 1 is 1.08 bits per heavy atom. The van der Waals surface area contributed by atoms with Crippen LogP contribution in [0.4, 0.5) is 11.4 Å². The molecular weight excluding hydrogens is 304 g/mol. The summed E-state index contributed by atoms with van der Waals surface area (Å²) in [5.41, 5.74) is 2.15. The third-order valence-electron chi connectivity index (χ3n) is 4.25. The monoisotopic (exact) mass is 326 g/mol. The second-order valence-corrected chi connectivity index (χ2v) is 5.94. The zero-order valence-corrected chi connectivity index (χ0v) is 13.8. The van der Waals surface area contributed by atoms with Gasteiger partial charge >= 0.3 is 0 Å². The Hall–Kier alpha value is -2.69. The van der Waals surface area contributed by atoms with Crippen LogP contribution in [0.25, 0.3) is 0 Å². The lowest BCUT2D eigenvalue weighted by Crippen LogP contribution is -2.35. The van der Waals surface area contributed by atoms with Gasteiger partial charge in [0, 0.05) is 18.8 Å². The van der Waals surface area contributed by atoms with E-state index >= 15 is 0 Å². The van der Waals surface area contributed by atoms with Crippen LogP contribution in [-0.2, 0) is 0 Å². The fourth-order valence-electron chi connectivity index (χ4n) is 2.90. The van der Waals surface area contributed by atoms with Gasteiger partial charge in [-0.3, -0.25) is 4.79 Å². The summed E-state index contributed by atoms with van der Waals surface area (Å²) in [6.07, 6.45) is 3.29. The number of hydrogen-bond donors (Lipinski definition) is 2. The van der Waals surface area contributed by atoms with Crippen molar-refractivity contribution in [3.05, 3.63) is 48.0 Å². The third kappa shape index (κ3) is 3.62. The number of phenolic OH excluding ortho intramolecular Hbond substituents is 1. The largest absolute Gasteiger partial charge is 0.508 e. The molecule has 1 aliphatic rings. The van der Waals surface area contributed by atoms with E-state index in [2.05, 4.69) is 5.32 Å². The van der Waals surface area contributed by atoms with E-state index in [9.17, 15) is 9.90 Å². The van der Waals surface area contributed by atoms with E-state index in [1.54, 1.807) is 37.4 Å². The Labute approximate surface area is 141 Å². The quantitative estimate of drug-likeness (QED) is 0.840. The average molecular weight is 326 g/mol. The van der Waals surface area contributed by atoms with Gasteiger partial charge in [-0.1, -0.05) is 0 Å². The number of nitrogens with one attached hydrogen (secondary N) is 1. The SMILES string of the molecule is COc1ccc(Nc2ccc(O)cc2)c(C(=O)N2CCCCC2)c1. The molecule has 126 valence electrons. The summed E-state index contributed by atoms with van der Waals surface area (Å²) in [6.45, 7) is 1.60. The molecule has 0 spiro atoms. The number of carbonyl (C=O) groups is 1. The van der Waals surface area contributed by atoms with Crippen LogP contribution >= 0.6 is 0 Å². The van der Waals surface area contributed by atoms with Crippen molar-refractivity contribution in [2.24, 2.45) is 0 Å². The minimum absolute atomic E-state index is 0.0230. The van der Waals surface area contributed by atoms with Gasteiger partial charge in [0.2, 0.25) is 0 Å². The molecule has 24 heavy (non-hydrogen) atoms. The predicted molar refractivity (Wildman–Crippen MR) is 94.1 cm³/mol. The molecule has 2 N–H and O–H groups in total. The first-order valence-corrected chi connectivity index (χ1v) is 8.21. The van der Waals surface area contributed by atoms with Crippen LogP contribution in [0.2, 0.25) is 0 Å². The highest BCUT2D eigenvalue weighted by atomic mass is 16.5. The Morgan fingerprint density at radius 3 is 2.46 bits per heavy atom. The average Bonchev–Trinajstić information content (AvgIpc) is 2.64. The number of aromatic hydroxyl groups is 1. The fraction of sp³-hybridized carbons (Fsp3) is 0.316. The van der Waals surface area contributed by atoms with Crippen LogP contribution < -0.4 is 10.1 Å². The van der Waals surface area contributed by atoms with Crippen molar-refractivity contribution in [1.29, 1.82) is 0 Å². The third-order valence-corrected chi connectivity index (χ3v) is 4.25. The lowest BCUT2D eigenvalue weighted by molar-refractivity contribution is 0.0725. The van der Waals surface area contributed by atoms with Crippen molar-refractivity contribution >= 4 is 17.3 Å². The normalized spacial score (nSPS) is 14.3. The van der Waals surface area contributed by atoms with Gasteiger partial charge in [0.15, 0.2) is 0 Å². The molecule has 2 aromatic carbocycles. The Balaban J connectivity index is 1.90. The van der Waals surface area contributed by atoms with Crippen LogP contribution in [0, 0.1) is 0 Å². The van der Waals surface area contributed by atoms with E-state index in [1.807, 2.05) is 17.0 Å². The minimum atomic E-state index is 0.0230. The molecule has 5 nitrogen and oxygen atoms in total. The number of benzene rings is 2.